The number of nitrogens with zero attached hydrogens (tertiary/aromatic N) is 4. The van der Waals surface area contributed by atoms with Crippen LogP contribution in [0.2, 0.25) is 5.02 Å². The number of aryl methyl sites for hydroxylation is 1. The minimum Gasteiger partial charge on any atom is -0.360 e. The number of hydrogen-bond donors (Lipinski definition) is 0. The summed E-state index contributed by atoms with van der Waals surface area (Å²) in [6.07, 6.45) is 0. The van der Waals surface area contributed by atoms with Gasteiger partial charge in [0.25, 0.3) is 5.91 Å². The van der Waals surface area contributed by atoms with Crippen LogP contribution in [0.4, 0.5) is 0 Å². The molecular formula is C20H15ClN4O3S. The van der Waals surface area contributed by atoms with Crippen molar-refractivity contribution in [1.82, 2.24) is 20.2 Å². The molecule has 0 saturated carbocycles. The van der Waals surface area contributed by atoms with Gasteiger partial charge in [-0.05, 0) is 24.4 Å². The first kappa shape index (κ1) is 18.1. The summed E-state index contributed by atoms with van der Waals surface area (Å²) >= 11 is 7.84. The van der Waals surface area contributed by atoms with Crippen LogP contribution in [0.5, 0.6) is 0 Å². The van der Waals surface area contributed by atoms with Crippen molar-refractivity contribution in [1.29, 1.82) is 0 Å². The fraction of sp³-hybridized carbons (Fsp3) is 0.200. The molecule has 1 amide bonds. The average Bonchev–Trinajstić information content (AvgIpc) is 3.41. The van der Waals surface area contributed by atoms with Crippen LogP contribution in [-0.4, -0.2) is 39.2 Å². The number of hydrogen-bond acceptors (Lipinski definition) is 7. The van der Waals surface area contributed by atoms with E-state index in [0.29, 0.717) is 52.4 Å². The molecule has 4 aromatic rings. The molecule has 1 saturated heterocycles. The van der Waals surface area contributed by atoms with Crippen molar-refractivity contribution in [2.75, 3.05) is 13.1 Å². The van der Waals surface area contributed by atoms with E-state index in [0.717, 1.165) is 4.88 Å². The van der Waals surface area contributed by atoms with Crippen molar-refractivity contribution in [3.8, 4) is 22.0 Å². The molecule has 0 spiro atoms. The maximum atomic E-state index is 13.1. The zero-order valence-corrected chi connectivity index (χ0v) is 16.9. The van der Waals surface area contributed by atoms with Crippen LogP contribution in [-0.2, 0) is 0 Å². The Labute approximate surface area is 174 Å². The van der Waals surface area contributed by atoms with Crippen molar-refractivity contribution in [3.05, 3.63) is 64.0 Å². The molecule has 1 fully saturated rings. The van der Waals surface area contributed by atoms with E-state index >= 15 is 0 Å². The van der Waals surface area contributed by atoms with E-state index in [-0.39, 0.29) is 11.8 Å². The number of aromatic nitrogens is 3. The van der Waals surface area contributed by atoms with E-state index in [1.165, 1.54) is 0 Å². The molecule has 1 aliphatic heterocycles. The lowest BCUT2D eigenvalue weighted by Gasteiger charge is -2.37. The number of carbonyl (C=O) groups excluding carboxylic acids is 1. The smallest absolute Gasteiger partial charge is 0.259 e. The zero-order chi connectivity index (χ0) is 20.0. The normalized spacial score (nSPS) is 14.2. The Bertz CT molecular complexity index is 1180. The van der Waals surface area contributed by atoms with E-state index in [4.69, 9.17) is 20.6 Å². The molecule has 4 heterocycles. The minimum atomic E-state index is -0.145. The van der Waals surface area contributed by atoms with E-state index in [9.17, 15) is 4.79 Å². The van der Waals surface area contributed by atoms with E-state index in [1.54, 1.807) is 29.2 Å². The van der Waals surface area contributed by atoms with Gasteiger partial charge in [0.2, 0.25) is 11.7 Å². The third-order valence-electron chi connectivity index (χ3n) is 4.91. The number of likely N-dealkylation sites (tertiary alicyclic amines) is 1. The number of halogens is 1. The SMILES string of the molecule is Cc1onc(-c2ccccc2Cl)c1C(=O)N1CC(c2nc(-c3cccs3)no2)C1. The number of amides is 1. The number of thiophene rings is 1. The number of carbonyl (C=O) groups is 1. The number of benzene rings is 1. The standard InChI is InChI=1S/C20H15ClN4O3S/c1-11-16(17(23-27-11)13-5-2-3-6-14(13)21)20(26)25-9-12(10-25)19-22-18(24-28-19)15-7-4-8-29-15/h2-8,12H,9-10H2,1H3. The third kappa shape index (κ3) is 3.14. The van der Waals surface area contributed by atoms with Crippen molar-refractivity contribution >= 4 is 28.8 Å². The molecular weight excluding hydrogens is 412 g/mol. The highest BCUT2D eigenvalue weighted by Crippen LogP contribution is 2.35. The van der Waals surface area contributed by atoms with Crippen LogP contribution in [0.15, 0.2) is 50.8 Å². The van der Waals surface area contributed by atoms with Gasteiger partial charge in [0.05, 0.1) is 15.8 Å². The highest BCUT2D eigenvalue weighted by atomic mass is 35.5. The molecule has 1 aromatic carbocycles. The predicted molar refractivity (Wildman–Crippen MR) is 108 cm³/mol. The van der Waals surface area contributed by atoms with E-state index in [2.05, 4.69) is 15.3 Å². The van der Waals surface area contributed by atoms with E-state index in [1.807, 2.05) is 35.7 Å². The Kier molecular flexibility index (Phi) is 4.44. The monoisotopic (exact) mass is 426 g/mol. The highest BCUT2D eigenvalue weighted by molar-refractivity contribution is 7.13. The molecule has 3 aromatic heterocycles. The molecule has 5 rings (SSSR count). The van der Waals surface area contributed by atoms with Crippen molar-refractivity contribution in [3.63, 3.8) is 0 Å². The first-order chi connectivity index (χ1) is 14.1. The molecule has 0 unspecified atom stereocenters. The molecule has 0 atom stereocenters. The van der Waals surface area contributed by atoms with Gasteiger partial charge in [0, 0.05) is 18.7 Å². The lowest BCUT2D eigenvalue weighted by atomic mass is 9.97. The fourth-order valence-corrected chi connectivity index (χ4v) is 4.20. The molecule has 9 heteroatoms. The second kappa shape index (κ2) is 7.13. The Hall–Kier alpha value is -2.97. The second-order valence-electron chi connectivity index (χ2n) is 6.78. The summed E-state index contributed by atoms with van der Waals surface area (Å²) in [7, 11) is 0. The molecule has 0 radical (unpaired) electrons. The van der Waals surface area contributed by atoms with Gasteiger partial charge < -0.3 is 13.9 Å². The molecule has 1 aliphatic rings. The Morgan fingerprint density at radius 1 is 1.17 bits per heavy atom. The number of rotatable bonds is 4. The first-order valence-corrected chi connectivity index (χ1v) is 10.3. The van der Waals surface area contributed by atoms with Gasteiger partial charge in [-0.3, -0.25) is 4.79 Å². The molecule has 0 N–H and O–H groups in total. The summed E-state index contributed by atoms with van der Waals surface area (Å²) in [5.41, 5.74) is 1.56. The van der Waals surface area contributed by atoms with Gasteiger partial charge >= 0.3 is 0 Å². The van der Waals surface area contributed by atoms with Gasteiger partial charge in [0.1, 0.15) is 17.0 Å². The summed E-state index contributed by atoms with van der Waals surface area (Å²) < 4.78 is 10.7. The summed E-state index contributed by atoms with van der Waals surface area (Å²) in [5.74, 6) is 1.46. The van der Waals surface area contributed by atoms with Crippen LogP contribution < -0.4 is 0 Å². The second-order valence-corrected chi connectivity index (χ2v) is 8.14. The molecule has 0 bridgehead atoms. The maximum absolute atomic E-state index is 13.1. The lowest BCUT2D eigenvalue weighted by molar-refractivity contribution is 0.0568. The van der Waals surface area contributed by atoms with Gasteiger partial charge in [-0.2, -0.15) is 4.98 Å². The highest BCUT2D eigenvalue weighted by Gasteiger charge is 2.38. The van der Waals surface area contributed by atoms with Gasteiger partial charge in [-0.1, -0.05) is 46.2 Å². The summed E-state index contributed by atoms with van der Waals surface area (Å²) in [5, 5.41) is 10.6. The Balaban J connectivity index is 1.34. The summed E-state index contributed by atoms with van der Waals surface area (Å²) in [6.45, 7) is 2.72. The van der Waals surface area contributed by atoms with Crippen LogP contribution in [0.3, 0.4) is 0 Å². The zero-order valence-electron chi connectivity index (χ0n) is 15.3. The van der Waals surface area contributed by atoms with Gasteiger partial charge in [-0.15, -0.1) is 11.3 Å². The average molecular weight is 427 g/mol. The quantitative estimate of drug-likeness (QED) is 0.472. The Morgan fingerprint density at radius 2 is 2.00 bits per heavy atom. The fourth-order valence-electron chi connectivity index (χ4n) is 3.33. The molecule has 29 heavy (non-hydrogen) atoms. The molecule has 0 aliphatic carbocycles. The first-order valence-electron chi connectivity index (χ1n) is 8.99. The lowest BCUT2D eigenvalue weighted by Crippen LogP contribution is -2.48. The maximum Gasteiger partial charge on any atom is 0.259 e. The minimum absolute atomic E-state index is 0.0177. The van der Waals surface area contributed by atoms with E-state index < -0.39 is 0 Å². The largest absolute Gasteiger partial charge is 0.360 e. The van der Waals surface area contributed by atoms with Crippen LogP contribution in [0, 0.1) is 6.92 Å². The van der Waals surface area contributed by atoms with Gasteiger partial charge in [0.15, 0.2) is 0 Å². The predicted octanol–water partition coefficient (Wildman–Crippen LogP) is 4.65. The summed E-state index contributed by atoms with van der Waals surface area (Å²) in [4.78, 5) is 20.3. The third-order valence-corrected chi connectivity index (χ3v) is 6.10. The van der Waals surface area contributed by atoms with Gasteiger partial charge in [-0.25, -0.2) is 0 Å². The Morgan fingerprint density at radius 3 is 2.76 bits per heavy atom. The van der Waals surface area contributed by atoms with Crippen molar-refractivity contribution in [2.45, 2.75) is 12.8 Å². The van der Waals surface area contributed by atoms with Crippen molar-refractivity contribution < 1.29 is 13.8 Å². The van der Waals surface area contributed by atoms with Crippen LogP contribution >= 0.6 is 22.9 Å². The summed E-state index contributed by atoms with van der Waals surface area (Å²) in [6, 6.07) is 11.1. The molecule has 146 valence electrons. The van der Waals surface area contributed by atoms with Crippen LogP contribution in [0.25, 0.3) is 22.0 Å². The topological polar surface area (TPSA) is 85.3 Å². The molecule has 7 nitrogen and oxygen atoms in total. The van der Waals surface area contributed by atoms with Crippen molar-refractivity contribution in [2.24, 2.45) is 0 Å². The van der Waals surface area contributed by atoms with Crippen LogP contribution in [0.1, 0.15) is 27.9 Å².